The minimum Gasteiger partial charge on any atom is -0.396 e. The molecular weight excluding hydrogens is 542 g/mol. The van der Waals surface area contributed by atoms with Crippen LogP contribution in [-0.4, -0.2) is 67.8 Å². The van der Waals surface area contributed by atoms with Crippen LogP contribution in [0.3, 0.4) is 0 Å². The second-order valence-electron chi connectivity index (χ2n) is 10.7. The Bertz CT molecular complexity index is 975. The lowest BCUT2D eigenvalue weighted by Gasteiger charge is -2.36. The average molecular weight is 579 g/mol. The molecule has 1 spiro atoms. The van der Waals surface area contributed by atoms with Crippen molar-refractivity contribution in [2.24, 2.45) is 11.8 Å². The van der Waals surface area contributed by atoms with Gasteiger partial charge in [0.2, 0.25) is 17.7 Å². The molecule has 6 atom stereocenters. The minimum atomic E-state index is -0.608. The normalized spacial score (nSPS) is 33.6. The van der Waals surface area contributed by atoms with E-state index >= 15 is 0 Å². The van der Waals surface area contributed by atoms with Gasteiger partial charge in [0.25, 0.3) is 0 Å². The number of aliphatic hydroxyl groups is 1. The van der Waals surface area contributed by atoms with Gasteiger partial charge in [-0.15, -0.1) is 11.8 Å². The van der Waals surface area contributed by atoms with Crippen LogP contribution in [0.1, 0.15) is 56.9 Å². The number of hydrogen-bond donors (Lipinski definition) is 3. The first-order chi connectivity index (χ1) is 17.5. The molecule has 1 aliphatic carbocycles. The van der Waals surface area contributed by atoms with Gasteiger partial charge in [-0.05, 0) is 37.7 Å². The summed E-state index contributed by atoms with van der Waals surface area (Å²) in [4.78, 5) is 43.1. The van der Waals surface area contributed by atoms with Crippen LogP contribution < -0.4 is 10.6 Å². The Morgan fingerprint density at radius 3 is 2.58 bits per heavy atom. The molecule has 0 aromatic heterocycles. The summed E-state index contributed by atoms with van der Waals surface area (Å²) in [6.07, 6.45) is 7.31. The lowest BCUT2D eigenvalue weighted by molar-refractivity contribution is -0.140. The second kappa shape index (κ2) is 11.0. The summed E-state index contributed by atoms with van der Waals surface area (Å²) < 4.78 is -0.608. The highest BCUT2D eigenvalue weighted by molar-refractivity contribution is 9.09. The van der Waals surface area contributed by atoms with Crippen molar-refractivity contribution in [3.63, 3.8) is 0 Å². The number of nitrogens with one attached hydrogen (secondary N) is 2. The van der Waals surface area contributed by atoms with Crippen molar-refractivity contribution < 1.29 is 19.5 Å². The number of thioether (sulfide) groups is 1. The molecule has 4 aliphatic rings. The fraction of sp³-hybridized carbons (Fsp3) is 0.667. The van der Waals surface area contributed by atoms with Crippen molar-refractivity contribution in [3.8, 4) is 0 Å². The number of nitrogens with zero attached hydrogens (tertiary/aromatic N) is 1. The predicted octanol–water partition coefficient (Wildman–Crippen LogP) is 2.99. The number of likely N-dealkylation sites (tertiary alicyclic amines) is 1. The van der Waals surface area contributed by atoms with Gasteiger partial charge in [0.1, 0.15) is 6.04 Å². The molecule has 36 heavy (non-hydrogen) atoms. The molecule has 1 aromatic rings. The first kappa shape index (κ1) is 26.0. The molecule has 5 rings (SSSR count). The molecule has 1 aromatic carbocycles. The van der Waals surface area contributed by atoms with Crippen molar-refractivity contribution in [2.45, 2.75) is 84.8 Å². The molecule has 0 radical (unpaired) electrons. The zero-order valence-electron chi connectivity index (χ0n) is 20.5. The fourth-order valence-electron chi connectivity index (χ4n) is 6.79. The predicted molar refractivity (Wildman–Crippen MR) is 144 cm³/mol. The molecule has 3 amide bonds. The maximum atomic E-state index is 13.9. The third-order valence-electron chi connectivity index (χ3n) is 8.41. The Balaban J connectivity index is 1.40. The van der Waals surface area contributed by atoms with Crippen molar-refractivity contribution in [3.05, 3.63) is 35.9 Å². The van der Waals surface area contributed by atoms with E-state index in [1.165, 1.54) is 6.42 Å². The van der Waals surface area contributed by atoms with Crippen LogP contribution in [0.5, 0.6) is 0 Å². The maximum absolute atomic E-state index is 13.9. The Kier molecular flexibility index (Phi) is 7.98. The lowest BCUT2D eigenvalue weighted by atomic mass is 9.70. The van der Waals surface area contributed by atoms with E-state index in [4.69, 9.17) is 0 Å². The van der Waals surface area contributed by atoms with Gasteiger partial charge in [-0.2, -0.15) is 0 Å². The van der Waals surface area contributed by atoms with E-state index in [2.05, 4.69) is 26.6 Å². The molecule has 3 heterocycles. The Labute approximate surface area is 225 Å². The fourth-order valence-corrected chi connectivity index (χ4v) is 10.4. The number of amides is 3. The number of hydrogen-bond acceptors (Lipinski definition) is 5. The largest absolute Gasteiger partial charge is 0.396 e. The van der Waals surface area contributed by atoms with E-state index in [0.29, 0.717) is 32.4 Å². The van der Waals surface area contributed by atoms with Crippen LogP contribution in [0, 0.1) is 11.8 Å². The molecule has 9 heteroatoms. The summed E-state index contributed by atoms with van der Waals surface area (Å²) in [5, 5.41) is 15.6. The third-order valence-corrected chi connectivity index (χ3v) is 11.6. The number of rotatable bonds is 9. The summed E-state index contributed by atoms with van der Waals surface area (Å²) in [6.45, 7) is 0.900. The van der Waals surface area contributed by atoms with Gasteiger partial charge in [0.15, 0.2) is 0 Å². The molecule has 2 bridgehead atoms. The Hall–Kier alpha value is -1.58. The van der Waals surface area contributed by atoms with E-state index in [-0.39, 0.29) is 40.4 Å². The van der Waals surface area contributed by atoms with Crippen molar-refractivity contribution in [1.82, 2.24) is 15.5 Å². The van der Waals surface area contributed by atoms with E-state index in [0.717, 1.165) is 31.2 Å². The number of carbonyl (C=O) groups excluding carboxylic acids is 3. The second-order valence-corrected chi connectivity index (χ2v) is 13.4. The quantitative estimate of drug-likeness (QED) is 0.309. The zero-order chi connectivity index (χ0) is 25.3. The van der Waals surface area contributed by atoms with Gasteiger partial charge in [0.05, 0.1) is 16.6 Å². The molecule has 196 valence electrons. The highest BCUT2D eigenvalue weighted by Gasteiger charge is 2.75. The smallest absolute Gasteiger partial charge is 0.244 e. The number of unbranched alkanes of at least 4 members (excludes halogenated alkanes) is 1. The molecular formula is C27H36BrN3O4S. The van der Waals surface area contributed by atoms with Gasteiger partial charge >= 0.3 is 0 Å². The first-order valence-electron chi connectivity index (χ1n) is 13.3. The summed E-state index contributed by atoms with van der Waals surface area (Å²) in [5.74, 6) is -1.24. The van der Waals surface area contributed by atoms with Crippen LogP contribution in [0.2, 0.25) is 0 Å². The van der Waals surface area contributed by atoms with Gasteiger partial charge in [-0.1, -0.05) is 65.5 Å². The minimum absolute atomic E-state index is 0.0423. The average Bonchev–Trinajstić information content (AvgIpc) is 3.47. The molecule has 3 N–H and O–H groups in total. The Morgan fingerprint density at radius 2 is 1.86 bits per heavy atom. The van der Waals surface area contributed by atoms with Crippen molar-refractivity contribution in [1.29, 1.82) is 0 Å². The third kappa shape index (κ3) is 4.71. The summed E-state index contributed by atoms with van der Waals surface area (Å²) in [6, 6.07) is 9.34. The molecule has 3 saturated heterocycles. The van der Waals surface area contributed by atoms with Crippen LogP contribution in [-0.2, 0) is 20.9 Å². The molecule has 7 nitrogen and oxygen atoms in total. The van der Waals surface area contributed by atoms with E-state index in [1.54, 1.807) is 16.7 Å². The number of fused-ring (bicyclic) bond motifs is 1. The van der Waals surface area contributed by atoms with E-state index in [9.17, 15) is 19.5 Å². The van der Waals surface area contributed by atoms with Crippen molar-refractivity contribution in [2.75, 3.05) is 13.2 Å². The standard InChI is InChI=1S/C27H36BrN3O4S/c28-19-15-27-21(20(22(19)36-27)24(33)29-16-17-9-3-1-4-10-17)26(35)31(13-7-8-14-32)23(27)25(34)30-18-11-5-2-6-12-18/h1,3-4,9-10,18-23,32H,2,5-8,11-16H2,(H,29,33)(H,30,34)/t19?,20-,21-,22-,23?,27?/m0/s1. The first-order valence-corrected chi connectivity index (χ1v) is 15.1. The molecule has 3 unspecified atom stereocenters. The maximum Gasteiger partial charge on any atom is 0.244 e. The molecule has 4 fully saturated rings. The number of carbonyl (C=O) groups is 3. The highest BCUT2D eigenvalue weighted by Crippen LogP contribution is 2.67. The Morgan fingerprint density at radius 1 is 1.11 bits per heavy atom. The zero-order valence-corrected chi connectivity index (χ0v) is 22.9. The van der Waals surface area contributed by atoms with Crippen molar-refractivity contribution >= 4 is 45.4 Å². The van der Waals surface area contributed by atoms with Gasteiger partial charge in [-0.3, -0.25) is 14.4 Å². The summed E-state index contributed by atoms with van der Waals surface area (Å²) in [7, 11) is 0. The van der Waals surface area contributed by atoms with Crippen LogP contribution >= 0.6 is 27.7 Å². The lowest BCUT2D eigenvalue weighted by Crippen LogP contribution is -2.56. The molecule has 1 saturated carbocycles. The highest BCUT2D eigenvalue weighted by atomic mass is 79.9. The number of halogens is 1. The van der Waals surface area contributed by atoms with Gasteiger partial charge in [-0.25, -0.2) is 0 Å². The van der Waals surface area contributed by atoms with E-state index < -0.39 is 22.6 Å². The molecule has 3 aliphatic heterocycles. The van der Waals surface area contributed by atoms with E-state index in [1.807, 2.05) is 30.3 Å². The SMILES string of the molecule is O=C(NC1CCCCC1)C1N(CCCCO)C(=O)[C@@H]2[C@H](C(=O)NCc3ccccc3)[C@H]3SC12CC3Br. The van der Waals surface area contributed by atoms with Gasteiger partial charge < -0.3 is 20.6 Å². The number of aliphatic hydroxyl groups excluding tert-OH is 1. The summed E-state index contributed by atoms with van der Waals surface area (Å²) >= 11 is 5.50. The van der Waals surface area contributed by atoms with Gasteiger partial charge in [0, 0.05) is 35.8 Å². The monoisotopic (exact) mass is 577 g/mol. The number of alkyl halides is 1. The van der Waals surface area contributed by atoms with Crippen LogP contribution in [0.15, 0.2) is 30.3 Å². The number of benzene rings is 1. The van der Waals surface area contributed by atoms with Crippen LogP contribution in [0.4, 0.5) is 0 Å². The van der Waals surface area contributed by atoms with Crippen LogP contribution in [0.25, 0.3) is 0 Å². The summed E-state index contributed by atoms with van der Waals surface area (Å²) in [5.41, 5.74) is 1.01. The topological polar surface area (TPSA) is 98.7 Å².